The van der Waals surface area contributed by atoms with Gasteiger partial charge in [0.05, 0.1) is 9.90 Å². The zero-order valence-electron chi connectivity index (χ0n) is 7.00. The van der Waals surface area contributed by atoms with E-state index in [1.165, 1.54) is 12.1 Å². The molecule has 2 aromatic rings. The minimum Gasteiger partial charge on any atom is -0.397 e. The Morgan fingerprint density at radius 3 is 2.92 bits per heavy atom. The van der Waals surface area contributed by atoms with Crippen molar-refractivity contribution in [1.82, 2.24) is 0 Å². The summed E-state index contributed by atoms with van der Waals surface area (Å²) in [4.78, 5) is 0. The topological polar surface area (TPSA) is 26.0 Å². The maximum absolute atomic E-state index is 12.9. The lowest BCUT2D eigenvalue weighted by atomic mass is 10.2. The first-order chi connectivity index (χ1) is 6.22. The van der Waals surface area contributed by atoms with Gasteiger partial charge < -0.3 is 5.73 Å². The van der Waals surface area contributed by atoms with E-state index in [1.54, 1.807) is 29.2 Å². The fraction of sp³-hybridized carbons (Fsp3) is 0.111. The van der Waals surface area contributed by atoms with E-state index >= 15 is 0 Å². The molecule has 0 unspecified atom stereocenters. The smallest absolute Gasteiger partial charge is 0.123 e. The van der Waals surface area contributed by atoms with Gasteiger partial charge in [-0.05, 0) is 24.5 Å². The van der Waals surface area contributed by atoms with Crippen LogP contribution in [0, 0.1) is 5.82 Å². The van der Waals surface area contributed by atoms with E-state index in [4.69, 9.17) is 5.73 Å². The summed E-state index contributed by atoms with van der Waals surface area (Å²) in [6, 6.07) is 4.72. The van der Waals surface area contributed by atoms with Crippen molar-refractivity contribution in [2.45, 2.75) is 4.21 Å². The van der Waals surface area contributed by atoms with E-state index in [2.05, 4.69) is 0 Å². The van der Waals surface area contributed by atoms with Crippen LogP contribution in [0.1, 0.15) is 0 Å². The molecule has 0 amide bonds. The number of thioether (sulfide) groups is 1. The van der Waals surface area contributed by atoms with Crippen LogP contribution in [0.2, 0.25) is 0 Å². The molecule has 0 bridgehead atoms. The molecule has 0 saturated heterocycles. The summed E-state index contributed by atoms with van der Waals surface area (Å²) >= 11 is 3.20. The molecule has 13 heavy (non-hydrogen) atoms. The molecule has 1 aromatic heterocycles. The molecule has 1 heterocycles. The van der Waals surface area contributed by atoms with Crippen LogP contribution in [0.3, 0.4) is 0 Å². The third-order valence-corrected chi connectivity index (χ3v) is 4.16. The summed E-state index contributed by atoms with van der Waals surface area (Å²) in [6.07, 6.45) is 1.97. The number of halogens is 1. The Balaban J connectivity index is 2.77. The molecule has 4 heteroatoms. The third-order valence-electron chi connectivity index (χ3n) is 1.84. The molecule has 1 nitrogen and oxygen atoms in total. The van der Waals surface area contributed by atoms with Crippen LogP contribution in [-0.4, -0.2) is 6.26 Å². The van der Waals surface area contributed by atoms with Gasteiger partial charge in [0.25, 0.3) is 0 Å². The highest BCUT2D eigenvalue weighted by Gasteiger charge is 2.08. The molecule has 0 fully saturated rings. The van der Waals surface area contributed by atoms with Gasteiger partial charge in [-0.25, -0.2) is 4.39 Å². The van der Waals surface area contributed by atoms with Crippen molar-refractivity contribution >= 4 is 38.9 Å². The second-order valence-electron chi connectivity index (χ2n) is 2.65. The van der Waals surface area contributed by atoms with Gasteiger partial charge in [-0.3, -0.25) is 0 Å². The van der Waals surface area contributed by atoms with Crippen LogP contribution in [0.25, 0.3) is 10.1 Å². The van der Waals surface area contributed by atoms with Crippen molar-refractivity contribution in [3.8, 4) is 0 Å². The van der Waals surface area contributed by atoms with Crippen LogP contribution >= 0.6 is 23.1 Å². The number of hydrogen-bond donors (Lipinski definition) is 1. The molecule has 0 atom stereocenters. The van der Waals surface area contributed by atoms with Gasteiger partial charge in [-0.15, -0.1) is 23.1 Å². The maximum atomic E-state index is 12.9. The first-order valence-corrected chi connectivity index (χ1v) is 5.78. The van der Waals surface area contributed by atoms with Gasteiger partial charge >= 0.3 is 0 Å². The zero-order chi connectivity index (χ0) is 9.42. The van der Waals surface area contributed by atoms with Crippen LogP contribution in [0.15, 0.2) is 22.4 Å². The number of benzene rings is 1. The Kier molecular flexibility index (Phi) is 2.17. The summed E-state index contributed by atoms with van der Waals surface area (Å²) in [6.45, 7) is 0. The van der Waals surface area contributed by atoms with Gasteiger partial charge in [0.1, 0.15) is 5.82 Å². The molecular weight excluding hydrogens is 205 g/mol. The Bertz CT molecular complexity index is 450. The third kappa shape index (κ3) is 1.40. The molecule has 2 rings (SSSR count). The summed E-state index contributed by atoms with van der Waals surface area (Å²) in [5.74, 6) is -0.232. The number of hydrogen-bond acceptors (Lipinski definition) is 3. The fourth-order valence-electron chi connectivity index (χ4n) is 1.22. The summed E-state index contributed by atoms with van der Waals surface area (Å²) < 4.78 is 15.0. The highest BCUT2D eigenvalue weighted by molar-refractivity contribution is 8.00. The fourth-order valence-corrected chi connectivity index (χ4v) is 2.99. The number of thiophene rings is 1. The molecule has 0 saturated carbocycles. The number of nitrogens with two attached hydrogens (primary N) is 1. The van der Waals surface area contributed by atoms with E-state index < -0.39 is 0 Å². The van der Waals surface area contributed by atoms with Gasteiger partial charge in [-0.1, -0.05) is 0 Å². The van der Waals surface area contributed by atoms with E-state index in [-0.39, 0.29) is 5.82 Å². The second kappa shape index (κ2) is 3.20. The first kappa shape index (κ1) is 8.84. The largest absolute Gasteiger partial charge is 0.397 e. The first-order valence-electron chi connectivity index (χ1n) is 3.74. The van der Waals surface area contributed by atoms with Crippen molar-refractivity contribution in [2.75, 3.05) is 12.0 Å². The quantitative estimate of drug-likeness (QED) is 0.735. The van der Waals surface area contributed by atoms with Gasteiger partial charge in [0.15, 0.2) is 0 Å². The summed E-state index contributed by atoms with van der Waals surface area (Å²) in [5, 5.41) is 0.828. The number of rotatable bonds is 1. The lowest BCUT2D eigenvalue weighted by molar-refractivity contribution is 0.630. The van der Waals surface area contributed by atoms with E-state index in [1.807, 2.05) is 6.26 Å². The number of anilines is 1. The second-order valence-corrected chi connectivity index (χ2v) is 4.77. The Morgan fingerprint density at radius 1 is 1.46 bits per heavy atom. The van der Waals surface area contributed by atoms with Gasteiger partial charge in [0.2, 0.25) is 0 Å². The standard InChI is InChI=1S/C9H8FNS2/c1-12-9-8(11)6-4-5(10)2-3-7(6)13-9/h2-4H,11H2,1H3. The average Bonchev–Trinajstić information content (AvgIpc) is 2.44. The van der Waals surface area contributed by atoms with Crippen molar-refractivity contribution in [3.63, 3.8) is 0 Å². The predicted molar refractivity (Wildman–Crippen MR) is 58.0 cm³/mol. The maximum Gasteiger partial charge on any atom is 0.123 e. The highest BCUT2D eigenvalue weighted by Crippen LogP contribution is 2.39. The summed E-state index contributed by atoms with van der Waals surface area (Å²) in [5.41, 5.74) is 6.54. The Morgan fingerprint density at radius 2 is 2.23 bits per heavy atom. The minimum atomic E-state index is -0.232. The van der Waals surface area contributed by atoms with E-state index in [0.29, 0.717) is 5.69 Å². The molecule has 1 aromatic carbocycles. The van der Waals surface area contributed by atoms with Gasteiger partial charge in [0, 0.05) is 10.1 Å². The van der Waals surface area contributed by atoms with E-state index in [9.17, 15) is 4.39 Å². The average molecular weight is 213 g/mol. The molecule has 0 radical (unpaired) electrons. The minimum absolute atomic E-state index is 0.232. The predicted octanol–water partition coefficient (Wildman–Crippen LogP) is 3.34. The molecule has 68 valence electrons. The van der Waals surface area contributed by atoms with E-state index in [0.717, 1.165) is 14.3 Å². The van der Waals surface area contributed by atoms with Crippen LogP contribution in [0.4, 0.5) is 10.1 Å². The van der Waals surface area contributed by atoms with Crippen molar-refractivity contribution < 1.29 is 4.39 Å². The van der Waals surface area contributed by atoms with Crippen LogP contribution < -0.4 is 5.73 Å². The summed E-state index contributed by atoms with van der Waals surface area (Å²) in [7, 11) is 0. The molecule has 0 spiro atoms. The van der Waals surface area contributed by atoms with Crippen molar-refractivity contribution in [3.05, 3.63) is 24.0 Å². The lowest BCUT2D eigenvalue weighted by Crippen LogP contribution is -1.83. The molecule has 0 aliphatic rings. The molecular formula is C9H8FNS2. The van der Waals surface area contributed by atoms with Crippen LogP contribution in [0.5, 0.6) is 0 Å². The molecule has 0 aliphatic heterocycles. The monoisotopic (exact) mass is 213 g/mol. The van der Waals surface area contributed by atoms with Crippen molar-refractivity contribution in [1.29, 1.82) is 0 Å². The van der Waals surface area contributed by atoms with Crippen molar-refractivity contribution in [2.24, 2.45) is 0 Å². The Hall–Kier alpha value is -0.740. The highest BCUT2D eigenvalue weighted by atomic mass is 32.2. The zero-order valence-corrected chi connectivity index (χ0v) is 8.64. The number of fused-ring (bicyclic) bond motifs is 1. The van der Waals surface area contributed by atoms with Crippen LogP contribution in [-0.2, 0) is 0 Å². The Labute approximate surface area is 83.7 Å². The molecule has 2 N–H and O–H groups in total. The van der Waals surface area contributed by atoms with Gasteiger partial charge in [-0.2, -0.15) is 0 Å². The normalized spacial score (nSPS) is 10.9. The molecule has 0 aliphatic carbocycles. The number of nitrogen functional groups attached to an aromatic ring is 1. The lowest BCUT2D eigenvalue weighted by Gasteiger charge is -1.92. The SMILES string of the molecule is CSc1sc2ccc(F)cc2c1N.